The third kappa shape index (κ3) is 6.22. The Labute approximate surface area is 193 Å². The smallest absolute Gasteiger partial charge is 0.416 e. The van der Waals surface area contributed by atoms with Crippen LogP contribution in [0.15, 0.2) is 72.8 Å². The number of ether oxygens (including phenoxy) is 2. The van der Waals surface area contributed by atoms with Crippen LogP contribution >= 0.6 is 0 Å². The van der Waals surface area contributed by atoms with Gasteiger partial charge in [0, 0.05) is 5.69 Å². The molecule has 0 atom stereocenters. The lowest BCUT2D eigenvalue weighted by atomic mass is 9.98. The van der Waals surface area contributed by atoms with Gasteiger partial charge in [0.1, 0.15) is 0 Å². The summed E-state index contributed by atoms with van der Waals surface area (Å²) in [4.78, 5) is 36.4. The summed E-state index contributed by atoms with van der Waals surface area (Å²) in [6.45, 7) is 1.35. The van der Waals surface area contributed by atoms with Gasteiger partial charge in [-0.3, -0.25) is 4.79 Å². The molecule has 0 saturated carbocycles. The average molecular weight is 471 g/mol. The van der Waals surface area contributed by atoms with Crippen LogP contribution < -0.4 is 5.32 Å². The third-order valence-corrected chi connectivity index (χ3v) is 4.68. The van der Waals surface area contributed by atoms with Gasteiger partial charge < -0.3 is 14.8 Å². The lowest BCUT2D eigenvalue weighted by Crippen LogP contribution is -2.21. The molecular weight excluding hydrogens is 451 g/mol. The number of halogens is 3. The molecule has 3 aromatic rings. The summed E-state index contributed by atoms with van der Waals surface area (Å²) in [5.74, 6) is -1.89. The fraction of sp³-hybridized carbons (Fsp3) is 0.160. The topological polar surface area (TPSA) is 81.7 Å². The van der Waals surface area contributed by atoms with Crippen LogP contribution in [0.5, 0.6) is 0 Å². The Morgan fingerprint density at radius 1 is 0.824 bits per heavy atom. The second kappa shape index (κ2) is 10.7. The number of benzene rings is 3. The van der Waals surface area contributed by atoms with Crippen molar-refractivity contribution in [2.75, 3.05) is 18.5 Å². The van der Waals surface area contributed by atoms with Crippen molar-refractivity contribution >= 4 is 23.5 Å². The van der Waals surface area contributed by atoms with E-state index in [4.69, 9.17) is 9.47 Å². The van der Waals surface area contributed by atoms with Crippen molar-refractivity contribution in [3.8, 4) is 11.1 Å². The molecule has 0 aromatic heterocycles. The summed E-state index contributed by atoms with van der Waals surface area (Å²) in [5.41, 5.74) is 0.783. The maximum atomic E-state index is 12.8. The van der Waals surface area contributed by atoms with E-state index in [1.165, 1.54) is 42.5 Å². The Kier molecular flexibility index (Phi) is 7.68. The van der Waals surface area contributed by atoms with E-state index in [0.717, 1.165) is 12.1 Å². The number of alkyl halides is 3. The highest BCUT2D eigenvalue weighted by molar-refractivity contribution is 5.99. The van der Waals surface area contributed by atoms with Gasteiger partial charge in [0.15, 0.2) is 6.61 Å². The highest BCUT2D eigenvalue weighted by atomic mass is 19.4. The molecule has 0 aliphatic carbocycles. The molecule has 0 unspecified atom stereocenters. The first-order valence-electron chi connectivity index (χ1n) is 10.2. The van der Waals surface area contributed by atoms with E-state index in [1.807, 2.05) is 0 Å². The molecule has 0 aliphatic heterocycles. The molecule has 3 rings (SSSR count). The van der Waals surface area contributed by atoms with E-state index in [0.29, 0.717) is 22.4 Å². The maximum absolute atomic E-state index is 12.8. The van der Waals surface area contributed by atoms with E-state index in [9.17, 15) is 27.6 Å². The molecule has 0 aliphatic rings. The standard InChI is InChI=1S/C25H20F3NO5/c1-2-33-23(31)17-9-13-19(14-10-17)29-22(30)15-34-24(32)21-6-4-3-5-20(21)16-7-11-18(12-8-16)25(26,27)28/h3-14H,2,15H2,1H3,(H,29,30). The molecule has 0 radical (unpaired) electrons. The monoisotopic (exact) mass is 471 g/mol. The molecule has 0 spiro atoms. The Bertz CT molecular complexity index is 1170. The average Bonchev–Trinajstić information content (AvgIpc) is 2.82. The summed E-state index contributed by atoms with van der Waals surface area (Å²) in [6.07, 6.45) is -4.47. The van der Waals surface area contributed by atoms with Crippen molar-refractivity contribution in [3.63, 3.8) is 0 Å². The number of hydrogen-bond acceptors (Lipinski definition) is 5. The molecule has 0 saturated heterocycles. The SMILES string of the molecule is CCOC(=O)c1ccc(NC(=O)COC(=O)c2ccccc2-c2ccc(C(F)(F)F)cc2)cc1. The van der Waals surface area contributed by atoms with E-state index in [2.05, 4.69) is 5.32 Å². The van der Waals surface area contributed by atoms with E-state index in [1.54, 1.807) is 25.1 Å². The first-order valence-corrected chi connectivity index (χ1v) is 10.2. The number of esters is 2. The van der Waals surface area contributed by atoms with Crippen LogP contribution in [0.4, 0.5) is 18.9 Å². The Morgan fingerprint density at radius 3 is 2.09 bits per heavy atom. The first kappa shape index (κ1) is 24.5. The molecule has 0 fully saturated rings. The first-order chi connectivity index (χ1) is 16.2. The number of carbonyl (C=O) groups excluding carboxylic acids is 3. The Morgan fingerprint density at radius 2 is 1.47 bits per heavy atom. The zero-order chi connectivity index (χ0) is 24.7. The maximum Gasteiger partial charge on any atom is 0.416 e. The van der Waals surface area contributed by atoms with Crippen molar-refractivity contribution in [1.82, 2.24) is 0 Å². The van der Waals surface area contributed by atoms with E-state index >= 15 is 0 Å². The zero-order valence-electron chi connectivity index (χ0n) is 18.0. The predicted octanol–water partition coefficient (Wildman–Crippen LogP) is 5.34. The number of rotatable bonds is 7. The Hall–Kier alpha value is -4.14. The van der Waals surface area contributed by atoms with Gasteiger partial charge in [0.2, 0.25) is 0 Å². The Balaban J connectivity index is 1.63. The van der Waals surface area contributed by atoms with Gasteiger partial charge in [-0.1, -0.05) is 30.3 Å². The molecule has 176 valence electrons. The van der Waals surface area contributed by atoms with Crippen molar-refractivity contribution in [2.24, 2.45) is 0 Å². The highest BCUT2D eigenvalue weighted by Gasteiger charge is 2.30. The van der Waals surface area contributed by atoms with Crippen molar-refractivity contribution in [2.45, 2.75) is 13.1 Å². The molecular formula is C25H20F3NO5. The fourth-order valence-electron chi connectivity index (χ4n) is 3.06. The van der Waals surface area contributed by atoms with Gasteiger partial charge in [-0.05, 0) is 60.5 Å². The largest absolute Gasteiger partial charge is 0.462 e. The lowest BCUT2D eigenvalue weighted by Gasteiger charge is -2.12. The van der Waals surface area contributed by atoms with Crippen LogP contribution in [-0.4, -0.2) is 31.1 Å². The highest BCUT2D eigenvalue weighted by Crippen LogP contribution is 2.32. The normalized spacial score (nSPS) is 10.9. The van der Waals surface area contributed by atoms with Gasteiger partial charge >= 0.3 is 18.1 Å². The van der Waals surface area contributed by atoms with Gasteiger partial charge in [0.25, 0.3) is 5.91 Å². The minimum Gasteiger partial charge on any atom is -0.462 e. The van der Waals surface area contributed by atoms with Crippen LogP contribution in [0.3, 0.4) is 0 Å². The predicted molar refractivity (Wildman–Crippen MR) is 118 cm³/mol. The van der Waals surface area contributed by atoms with Gasteiger partial charge in [-0.25, -0.2) is 9.59 Å². The number of carbonyl (C=O) groups is 3. The van der Waals surface area contributed by atoms with Gasteiger partial charge in [0.05, 0.1) is 23.3 Å². The number of amides is 1. The summed E-state index contributed by atoms with van der Waals surface area (Å²) in [7, 11) is 0. The van der Waals surface area contributed by atoms with Crippen molar-refractivity contribution < 1.29 is 37.0 Å². The molecule has 3 aromatic carbocycles. The minimum absolute atomic E-state index is 0.105. The number of hydrogen-bond donors (Lipinski definition) is 1. The minimum atomic E-state index is -4.47. The van der Waals surface area contributed by atoms with Crippen molar-refractivity contribution in [3.05, 3.63) is 89.5 Å². The van der Waals surface area contributed by atoms with E-state index < -0.39 is 36.2 Å². The molecule has 1 amide bonds. The quantitative estimate of drug-likeness (QED) is 0.470. The van der Waals surface area contributed by atoms with Crippen LogP contribution in [-0.2, 0) is 20.4 Å². The third-order valence-electron chi connectivity index (χ3n) is 4.68. The second-order valence-electron chi connectivity index (χ2n) is 7.04. The summed E-state index contributed by atoms with van der Waals surface area (Å²) in [6, 6.07) is 16.6. The molecule has 9 heteroatoms. The van der Waals surface area contributed by atoms with Crippen LogP contribution in [0.1, 0.15) is 33.2 Å². The molecule has 34 heavy (non-hydrogen) atoms. The zero-order valence-corrected chi connectivity index (χ0v) is 18.0. The summed E-state index contributed by atoms with van der Waals surface area (Å²) < 4.78 is 48.4. The van der Waals surface area contributed by atoms with Crippen LogP contribution in [0.25, 0.3) is 11.1 Å². The van der Waals surface area contributed by atoms with Gasteiger partial charge in [-0.2, -0.15) is 13.2 Å². The summed E-state index contributed by atoms with van der Waals surface area (Å²) >= 11 is 0. The van der Waals surface area contributed by atoms with E-state index in [-0.39, 0.29) is 12.2 Å². The summed E-state index contributed by atoms with van der Waals surface area (Å²) in [5, 5.41) is 2.54. The van der Waals surface area contributed by atoms with Crippen LogP contribution in [0.2, 0.25) is 0 Å². The number of anilines is 1. The molecule has 0 heterocycles. The molecule has 1 N–H and O–H groups in total. The molecule has 6 nitrogen and oxygen atoms in total. The van der Waals surface area contributed by atoms with Crippen molar-refractivity contribution in [1.29, 1.82) is 0 Å². The number of nitrogens with one attached hydrogen (secondary N) is 1. The fourth-order valence-corrected chi connectivity index (χ4v) is 3.06. The van der Waals surface area contributed by atoms with Gasteiger partial charge in [-0.15, -0.1) is 0 Å². The molecule has 0 bridgehead atoms. The van der Waals surface area contributed by atoms with Crippen LogP contribution in [0, 0.1) is 0 Å². The second-order valence-corrected chi connectivity index (χ2v) is 7.04. The lowest BCUT2D eigenvalue weighted by molar-refractivity contribution is -0.137.